The van der Waals surface area contributed by atoms with Gasteiger partial charge in [-0.05, 0) is 17.5 Å². The fraction of sp³-hybridized carbons (Fsp3) is 0. The zero-order valence-electron chi connectivity index (χ0n) is 9.20. The van der Waals surface area contributed by atoms with Crippen molar-refractivity contribution in [2.75, 3.05) is 0 Å². The van der Waals surface area contributed by atoms with Crippen molar-refractivity contribution < 1.29 is 14.4 Å². The molecule has 2 aromatic heterocycles. The molecule has 0 aliphatic rings. The molecule has 3 rings (SSSR count). The number of carboxylic acids is 1. The van der Waals surface area contributed by atoms with E-state index < -0.39 is 5.97 Å². The Balaban J connectivity index is 2.10. The lowest BCUT2D eigenvalue weighted by atomic mass is 10.1. The van der Waals surface area contributed by atoms with Gasteiger partial charge in [0.15, 0.2) is 0 Å². The van der Waals surface area contributed by atoms with Crippen LogP contribution in [-0.4, -0.2) is 21.2 Å². The Morgan fingerprint density at radius 2 is 2.06 bits per heavy atom. The van der Waals surface area contributed by atoms with E-state index in [1.165, 1.54) is 6.07 Å². The van der Waals surface area contributed by atoms with E-state index >= 15 is 0 Å². The smallest absolute Gasteiger partial charge is 0.374 e. The Morgan fingerprint density at radius 3 is 2.83 bits per heavy atom. The van der Waals surface area contributed by atoms with Gasteiger partial charge in [-0.25, -0.2) is 4.79 Å². The maximum Gasteiger partial charge on any atom is 0.374 e. The number of aromatic nitrogens is 2. The van der Waals surface area contributed by atoms with E-state index in [0.717, 1.165) is 16.3 Å². The van der Waals surface area contributed by atoms with Crippen molar-refractivity contribution in [3.8, 4) is 11.3 Å². The number of nitrogens with zero attached hydrogens (tertiary/aromatic N) is 2. The molecule has 0 aliphatic carbocycles. The predicted octanol–water partition coefficient (Wildman–Crippen LogP) is 2.59. The maximum atomic E-state index is 10.7. The third-order valence-corrected chi connectivity index (χ3v) is 2.66. The minimum absolute atomic E-state index is 0.170. The van der Waals surface area contributed by atoms with Crippen LogP contribution in [0.1, 0.15) is 10.6 Å². The standard InChI is InChI=1S/C13H8N2O3/c16-13(17)12-6-11(15-18-12)9-2-1-8-3-4-14-7-10(8)5-9/h1-7H,(H,16,17). The van der Waals surface area contributed by atoms with Gasteiger partial charge in [-0.3, -0.25) is 4.98 Å². The second-order valence-corrected chi connectivity index (χ2v) is 3.82. The number of pyridine rings is 1. The number of carboxylic acid groups (broad SMARTS) is 1. The van der Waals surface area contributed by atoms with Crippen molar-refractivity contribution in [3.05, 3.63) is 48.5 Å². The van der Waals surface area contributed by atoms with Crippen LogP contribution in [0.25, 0.3) is 22.0 Å². The first-order valence-electron chi connectivity index (χ1n) is 5.28. The number of hydrogen-bond acceptors (Lipinski definition) is 4. The minimum Gasteiger partial charge on any atom is -0.475 e. The molecule has 0 unspecified atom stereocenters. The van der Waals surface area contributed by atoms with E-state index in [9.17, 15) is 4.79 Å². The summed E-state index contributed by atoms with van der Waals surface area (Å²) in [6, 6.07) is 9.00. The number of fused-ring (bicyclic) bond motifs is 1. The molecule has 2 heterocycles. The number of aromatic carboxylic acids is 1. The highest BCUT2D eigenvalue weighted by molar-refractivity contribution is 5.88. The number of rotatable bonds is 2. The van der Waals surface area contributed by atoms with Gasteiger partial charge < -0.3 is 9.63 Å². The number of hydrogen-bond donors (Lipinski definition) is 1. The van der Waals surface area contributed by atoms with Crippen molar-refractivity contribution in [2.45, 2.75) is 0 Å². The Labute approximate surface area is 102 Å². The molecule has 1 N–H and O–H groups in total. The average Bonchev–Trinajstić information content (AvgIpc) is 2.88. The topological polar surface area (TPSA) is 76.2 Å². The second-order valence-electron chi connectivity index (χ2n) is 3.82. The molecule has 0 radical (unpaired) electrons. The Bertz CT molecular complexity index is 734. The largest absolute Gasteiger partial charge is 0.475 e. The first-order chi connectivity index (χ1) is 8.74. The SMILES string of the molecule is O=C(O)c1cc(-c2ccc3ccncc3c2)no1. The van der Waals surface area contributed by atoms with Crippen molar-refractivity contribution in [2.24, 2.45) is 0 Å². The van der Waals surface area contributed by atoms with Crippen LogP contribution in [0.2, 0.25) is 0 Å². The molecule has 0 spiro atoms. The fourth-order valence-corrected chi connectivity index (χ4v) is 1.76. The molecule has 88 valence electrons. The summed E-state index contributed by atoms with van der Waals surface area (Å²) in [6.45, 7) is 0. The van der Waals surface area contributed by atoms with Crippen LogP contribution >= 0.6 is 0 Å². The summed E-state index contributed by atoms with van der Waals surface area (Å²) in [5.74, 6) is -1.30. The molecule has 0 fully saturated rings. The van der Waals surface area contributed by atoms with Crippen LogP contribution in [0.3, 0.4) is 0 Å². The minimum atomic E-state index is -1.13. The lowest BCUT2D eigenvalue weighted by Gasteiger charge is -1.99. The van der Waals surface area contributed by atoms with Gasteiger partial charge in [0, 0.05) is 29.4 Å². The normalized spacial score (nSPS) is 10.7. The summed E-state index contributed by atoms with van der Waals surface area (Å²) >= 11 is 0. The van der Waals surface area contributed by atoms with Gasteiger partial charge in [-0.1, -0.05) is 17.3 Å². The maximum absolute atomic E-state index is 10.7. The second kappa shape index (κ2) is 3.96. The van der Waals surface area contributed by atoms with Gasteiger partial charge in [0.1, 0.15) is 5.69 Å². The molecule has 3 aromatic rings. The first-order valence-corrected chi connectivity index (χ1v) is 5.28. The highest BCUT2D eigenvalue weighted by atomic mass is 16.5. The van der Waals surface area contributed by atoms with Crippen molar-refractivity contribution in [1.29, 1.82) is 0 Å². The Kier molecular flexibility index (Phi) is 2.30. The van der Waals surface area contributed by atoms with Crippen molar-refractivity contribution in [3.63, 3.8) is 0 Å². The van der Waals surface area contributed by atoms with Gasteiger partial charge in [0.2, 0.25) is 5.76 Å². The molecular formula is C13H8N2O3. The van der Waals surface area contributed by atoms with Gasteiger partial charge in [-0.2, -0.15) is 0 Å². The van der Waals surface area contributed by atoms with E-state index in [-0.39, 0.29) is 5.76 Å². The highest BCUT2D eigenvalue weighted by Gasteiger charge is 2.12. The summed E-state index contributed by atoms with van der Waals surface area (Å²) < 4.78 is 4.73. The van der Waals surface area contributed by atoms with Gasteiger partial charge >= 0.3 is 5.97 Å². The monoisotopic (exact) mass is 240 g/mol. The third-order valence-electron chi connectivity index (χ3n) is 2.66. The van der Waals surface area contributed by atoms with Gasteiger partial charge in [0.25, 0.3) is 0 Å². The lowest BCUT2D eigenvalue weighted by Crippen LogP contribution is -1.91. The van der Waals surface area contributed by atoms with Crippen LogP contribution in [-0.2, 0) is 0 Å². The molecule has 18 heavy (non-hydrogen) atoms. The average molecular weight is 240 g/mol. The lowest BCUT2D eigenvalue weighted by molar-refractivity contribution is 0.0652. The van der Waals surface area contributed by atoms with Crippen molar-refractivity contribution >= 4 is 16.7 Å². The molecule has 0 saturated carbocycles. The van der Waals surface area contributed by atoms with Crippen LogP contribution in [0.15, 0.2) is 47.2 Å². The zero-order chi connectivity index (χ0) is 12.5. The zero-order valence-corrected chi connectivity index (χ0v) is 9.20. The van der Waals surface area contributed by atoms with E-state index in [2.05, 4.69) is 10.1 Å². The van der Waals surface area contributed by atoms with Gasteiger partial charge in [-0.15, -0.1) is 0 Å². The first kappa shape index (κ1) is 10.5. The Hall–Kier alpha value is -2.69. The van der Waals surface area contributed by atoms with E-state index in [4.69, 9.17) is 9.63 Å². The summed E-state index contributed by atoms with van der Waals surface area (Å²) in [7, 11) is 0. The van der Waals surface area contributed by atoms with Crippen LogP contribution < -0.4 is 0 Å². The fourth-order valence-electron chi connectivity index (χ4n) is 1.76. The molecule has 0 atom stereocenters. The summed E-state index contributed by atoms with van der Waals surface area (Å²) in [5.41, 5.74) is 1.30. The molecule has 1 aromatic carbocycles. The molecule has 5 heteroatoms. The van der Waals surface area contributed by atoms with Gasteiger partial charge in [0.05, 0.1) is 0 Å². The Morgan fingerprint density at radius 1 is 1.17 bits per heavy atom. The number of carbonyl (C=O) groups is 1. The molecule has 5 nitrogen and oxygen atoms in total. The predicted molar refractivity (Wildman–Crippen MR) is 64.2 cm³/mol. The van der Waals surface area contributed by atoms with Crippen molar-refractivity contribution in [1.82, 2.24) is 10.1 Å². The molecule has 0 amide bonds. The molecular weight excluding hydrogens is 232 g/mol. The number of benzene rings is 1. The molecule has 0 bridgehead atoms. The summed E-state index contributed by atoms with van der Waals surface area (Å²) in [5, 5.41) is 14.5. The van der Waals surface area contributed by atoms with Crippen LogP contribution in [0.4, 0.5) is 0 Å². The third kappa shape index (κ3) is 1.71. The molecule has 0 saturated heterocycles. The van der Waals surface area contributed by atoms with E-state index in [0.29, 0.717) is 5.69 Å². The van der Waals surface area contributed by atoms with E-state index in [1.54, 1.807) is 12.4 Å². The molecule has 0 aliphatic heterocycles. The highest BCUT2D eigenvalue weighted by Crippen LogP contribution is 2.23. The summed E-state index contributed by atoms with van der Waals surface area (Å²) in [6.07, 6.45) is 3.47. The quantitative estimate of drug-likeness (QED) is 0.745. The van der Waals surface area contributed by atoms with E-state index in [1.807, 2.05) is 24.3 Å². The van der Waals surface area contributed by atoms with Crippen LogP contribution in [0, 0.1) is 0 Å². The van der Waals surface area contributed by atoms with Crippen LogP contribution in [0.5, 0.6) is 0 Å². The summed E-state index contributed by atoms with van der Waals surface area (Å²) in [4.78, 5) is 14.8.